The number of nitrogens with zero attached hydrogens (tertiary/aromatic N) is 3. The summed E-state index contributed by atoms with van der Waals surface area (Å²) in [4.78, 5) is 18.9. The van der Waals surface area contributed by atoms with Gasteiger partial charge in [-0.2, -0.15) is 4.31 Å². The van der Waals surface area contributed by atoms with Crippen LogP contribution in [0.1, 0.15) is 10.4 Å². The summed E-state index contributed by atoms with van der Waals surface area (Å²) in [5.41, 5.74) is 0.865. The molecule has 0 bridgehead atoms. The van der Waals surface area contributed by atoms with Crippen molar-refractivity contribution >= 4 is 27.4 Å². The number of halogens is 1. The lowest BCUT2D eigenvalue weighted by atomic mass is 10.2. The predicted octanol–water partition coefficient (Wildman–Crippen LogP) is 2.98. The van der Waals surface area contributed by atoms with Gasteiger partial charge in [0.15, 0.2) is 0 Å². The van der Waals surface area contributed by atoms with Crippen LogP contribution in [0.4, 0.5) is 15.9 Å². The molecule has 0 unspecified atom stereocenters. The standard InChI is InChI=1S/C22H21FN4O3S/c23-18-8-6-17(7-9-18)22(28)25-19-10-11-21(24-16-19)26-12-14-27(15-13-26)31(29,30)20-4-2-1-3-5-20/h1-11,16H,12-15H2,(H,25,28). The van der Waals surface area contributed by atoms with Crippen LogP contribution < -0.4 is 10.2 Å². The van der Waals surface area contributed by atoms with Crippen LogP contribution in [0.5, 0.6) is 0 Å². The second-order valence-electron chi connectivity index (χ2n) is 7.07. The molecule has 0 atom stereocenters. The van der Waals surface area contributed by atoms with Gasteiger partial charge in [0, 0.05) is 31.7 Å². The van der Waals surface area contributed by atoms with Gasteiger partial charge in [-0.15, -0.1) is 0 Å². The minimum Gasteiger partial charge on any atom is -0.354 e. The highest BCUT2D eigenvalue weighted by Gasteiger charge is 2.28. The van der Waals surface area contributed by atoms with E-state index in [4.69, 9.17) is 0 Å². The first-order valence-corrected chi connectivity index (χ1v) is 11.2. The SMILES string of the molecule is O=C(Nc1ccc(N2CCN(S(=O)(=O)c3ccccc3)CC2)nc1)c1ccc(F)cc1. The van der Waals surface area contributed by atoms with E-state index in [2.05, 4.69) is 10.3 Å². The molecular weight excluding hydrogens is 419 g/mol. The Morgan fingerprint density at radius 2 is 1.58 bits per heavy atom. The minimum atomic E-state index is -3.50. The van der Waals surface area contributed by atoms with Crippen molar-refractivity contribution in [2.75, 3.05) is 36.4 Å². The number of hydrogen-bond donors (Lipinski definition) is 1. The summed E-state index contributed by atoms with van der Waals surface area (Å²) in [5.74, 6) is -0.0509. The number of nitrogens with one attached hydrogen (secondary N) is 1. The maximum atomic E-state index is 13.0. The molecule has 1 aliphatic rings. The molecule has 160 valence electrons. The zero-order chi connectivity index (χ0) is 21.8. The Kier molecular flexibility index (Phi) is 5.97. The first-order valence-electron chi connectivity index (χ1n) is 9.76. The van der Waals surface area contributed by atoms with Crippen molar-refractivity contribution in [3.05, 3.63) is 84.3 Å². The zero-order valence-electron chi connectivity index (χ0n) is 16.6. The molecule has 31 heavy (non-hydrogen) atoms. The highest BCUT2D eigenvalue weighted by Crippen LogP contribution is 2.21. The average Bonchev–Trinajstić information content (AvgIpc) is 2.81. The van der Waals surface area contributed by atoms with Crippen LogP contribution in [0.25, 0.3) is 0 Å². The highest BCUT2D eigenvalue weighted by molar-refractivity contribution is 7.89. The molecule has 1 aromatic heterocycles. The average molecular weight is 441 g/mol. The summed E-state index contributed by atoms with van der Waals surface area (Å²) in [6.07, 6.45) is 1.55. The number of rotatable bonds is 5. The Morgan fingerprint density at radius 1 is 0.903 bits per heavy atom. The summed E-state index contributed by atoms with van der Waals surface area (Å²) >= 11 is 0. The summed E-state index contributed by atoms with van der Waals surface area (Å²) in [7, 11) is -3.50. The monoisotopic (exact) mass is 440 g/mol. The fourth-order valence-electron chi connectivity index (χ4n) is 3.35. The molecule has 1 aliphatic heterocycles. The van der Waals surface area contributed by atoms with Crippen molar-refractivity contribution in [3.63, 3.8) is 0 Å². The maximum absolute atomic E-state index is 13.0. The molecule has 0 radical (unpaired) electrons. The van der Waals surface area contributed by atoms with Gasteiger partial charge in [0.05, 0.1) is 16.8 Å². The second-order valence-corrected chi connectivity index (χ2v) is 9.01. The van der Waals surface area contributed by atoms with Crippen molar-refractivity contribution in [1.82, 2.24) is 9.29 Å². The number of pyridine rings is 1. The van der Waals surface area contributed by atoms with Gasteiger partial charge in [0.2, 0.25) is 10.0 Å². The first-order chi connectivity index (χ1) is 14.9. The van der Waals surface area contributed by atoms with Crippen molar-refractivity contribution in [3.8, 4) is 0 Å². The number of anilines is 2. The van der Waals surface area contributed by atoms with Gasteiger partial charge in [0.1, 0.15) is 11.6 Å². The Balaban J connectivity index is 1.36. The minimum absolute atomic E-state index is 0.294. The molecular formula is C22H21FN4O3S. The van der Waals surface area contributed by atoms with Gasteiger partial charge in [-0.3, -0.25) is 4.79 Å². The van der Waals surface area contributed by atoms with E-state index < -0.39 is 15.8 Å². The molecule has 2 heterocycles. The third kappa shape index (κ3) is 4.73. The number of sulfonamides is 1. The molecule has 1 N–H and O–H groups in total. The van der Waals surface area contributed by atoms with Crippen LogP contribution >= 0.6 is 0 Å². The molecule has 7 nitrogen and oxygen atoms in total. The number of amides is 1. The second kappa shape index (κ2) is 8.83. The molecule has 9 heteroatoms. The molecule has 0 aliphatic carbocycles. The molecule has 4 rings (SSSR count). The topological polar surface area (TPSA) is 82.6 Å². The third-order valence-corrected chi connectivity index (χ3v) is 6.97. The highest BCUT2D eigenvalue weighted by atomic mass is 32.2. The van der Waals surface area contributed by atoms with E-state index in [1.54, 1.807) is 48.7 Å². The van der Waals surface area contributed by atoms with Gasteiger partial charge < -0.3 is 10.2 Å². The third-order valence-electron chi connectivity index (χ3n) is 5.06. The smallest absolute Gasteiger partial charge is 0.255 e. The van der Waals surface area contributed by atoms with E-state index >= 15 is 0 Å². The molecule has 1 amide bonds. The number of hydrogen-bond acceptors (Lipinski definition) is 5. The normalized spacial score (nSPS) is 14.9. The van der Waals surface area contributed by atoms with Crippen LogP contribution in [-0.4, -0.2) is 49.8 Å². The number of benzene rings is 2. The van der Waals surface area contributed by atoms with Crippen LogP contribution in [0.3, 0.4) is 0 Å². The van der Waals surface area contributed by atoms with E-state index in [1.165, 1.54) is 28.6 Å². The van der Waals surface area contributed by atoms with Gasteiger partial charge in [0.25, 0.3) is 5.91 Å². The molecule has 1 fully saturated rings. The van der Waals surface area contributed by atoms with Crippen LogP contribution in [-0.2, 0) is 10.0 Å². The number of piperazine rings is 1. The molecule has 0 saturated carbocycles. The number of carbonyl (C=O) groups excluding carboxylic acids is 1. The first kappa shape index (κ1) is 21.0. The van der Waals surface area contributed by atoms with Crippen molar-refractivity contribution in [1.29, 1.82) is 0 Å². The molecule has 3 aromatic rings. The van der Waals surface area contributed by atoms with Gasteiger partial charge >= 0.3 is 0 Å². The number of aromatic nitrogens is 1. The lowest BCUT2D eigenvalue weighted by molar-refractivity contribution is 0.102. The fourth-order valence-corrected chi connectivity index (χ4v) is 4.79. The summed E-state index contributed by atoms with van der Waals surface area (Å²) in [6.45, 7) is 1.75. The Bertz CT molecular complexity index is 1150. The largest absolute Gasteiger partial charge is 0.354 e. The maximum Gasteiger partial charge on any atom is 0.255 e. The van der Waals surface area contributed by atoms with Crippen molar-refractivity contribution in [2.45, 2.75) is 4.90 Å². The predicted molar refractivity (Wildman–Crippen MR) is 116 cm³/mol. The van der Waals surface area contributed by atoms with E-state index in [9.17, 15) is 17.6 Å². The lowest BCUT2D eigenvalue weighted by Gasteiger charge is -2.34. The van der Waals surface area contributed by atoms with Crippen molar-refractivity contribution < 1.29 is 17.6 Å². The zero-order valence-corrected chi connectivity index (χ0v) is 17.4. The van der Waals surface area contributed by atoms with Gasteiger partial charge in [-0.1, -0.05) is 18.2 Å². The number of carbonyl (C=O) groups is 1. The van der Waals surface area contributed by atoms with Crippen LogP contribution in [0.15, 0.2) is 77.8 Å². The molecule has 0 spiro atoms. The van der Waals surface area contributed by atoms with Crippen LogP contribution in [0.2, 0.25) is 0 Å². The van der Waals surface area contributed by atoms with Crippen LogP contribution in [0, 0.1) is 5.82 Å². The quantitative estimate of drug-likeness (QED) is 0.660. The van der Waals surface area contributed by atoms with E-state index in [0.29, 0.717) is 48.1 Å². The summed E-state index contributed by atoms with van der Waals surface area (Å²) in [5, 5.41) is 2.72. The van der Waals surface area contributed by atoms with E-state index in [-0.39, 0.29) is 5.91 Å². The lowest BCUT2D eigenvalue weighted by Crippen LogP contribution is -2.48. The van der Waals surface area contributed by atoms with Gasteiger partial charge in [-0.25, -0.2) is 17.8 Å². The fraction of sp³-hybridized carbons (Fsp3) is 0.182. The van der Waals surface area contributed by atoms with E-state index in [0.717, 1.165) is 0 Å². The van der Waals surface area contributed by atoms with Gasteiger partial charge in [-0.05, 0) is 48.5 Å². The summed E-state index contributed by atoms with van der Waals surface area (Å²) in [6, 6.07) is 17.2. The van der Waals surface area contributed by atoms with Crippen molar-refractivity contribution in [2.24, 2.45) is 0 Å². The summed E-state index contributed by atoms with van der Waals surface area (Å²) < 4.78 is 40.0. The Labute approximate surface area is 180 Å². The Morgan fingerprint density at radius 3 is 2.19 bits per heavy atom. The molecule has 2 aromatic carbocycles. The van der Waals surface area contributed by atoms with E-state index in [1.807, 2.05) is 4.90 Å². The molecule has 1 saturated heterocycles. The Hall–Kier alpha value is -3.30.